The maximum atomic E-state index is 10.5. The van der Waals surface area contributed by atoms with Crippen LogP contribution in [0.4, 0.5) is 4.79 Å². The lowest BCUT2D eigenvalue weighted by atomic mass is 10.3. The minimum Gasteiger partial charge on any atom is -0.466 e. The van der Waals surface area contributed by atoms with Crippen LogP contribution in [0.15, 0.2) is 0 Å². The molecule has 0 bridgehead atoms. The van der Waals surface area contributed by atoms with Gasteiger partial charge in [0.2, 0.25) is 0 Å². The summed E-state index contributed by atoms with van der Waals surface area (Å²) in [5.41, 5.74) is 0. The molecule has 0 radical (unpaired) electrons. The highest BCUT2D eigenvalue weighted by molar-refractivity contribution is 8.21. The smallest absolute Gasteiger partial charge is 0.309 e. The molecule has 0 unspecified atom stereocenters. The highest BCUT2D eigenvalue weighted by atomic mass is 32.2. The number of carbonyl (C=O) groups excluding carboxylic acids is 2. The van der Waals surface area contributed by atoms with E-state index in [4.69, 9.17) is 0 Å². The van der Waals surface area contributed by atoms with Gasteiger partial charge in [-0.1, -0.05) is 0 Å². The van der Waals surface area contributed by atoms with Crippen molar-refractivity contribution < 1.29 is 14.3 Å². The first-order valence-corrected chi connectivity index (χ1v) is 5.39. The standard InChI is InChI=1S/C6H12O2S.CHNOS/c1-2-8-6(7)4-3-5-9;3-1-2-4-1/h9H,2-5H2,1H3;(H,2,3). The van der Waals surface area contributed by atoms with Crippen LogP contribution >= 0.6 is 24.6 Å². The first kappa shape index (κ1) is 12.6. The molecule has 13 heavy (non-hydrogen) atoms. The van der Waals surface area contributed by atoms with Gasteiger partial charge in [-0.05, 0) is 19.1 Å². The zero-order chi connectivity index (χ0) is 10.1. The molecule has 1 rings (SSSR count). The van der Waals surface area contributed by atoms with Crippen LogP contribution in [0.5, 0.6) is 0 Å². The molecular formula is C7H13NO3S2. The van der Waals surface area contributed by atoms with Crippen LogP contribution in [0.25, 0.3) is 0 Å². The summed E-state index contributed by atoms with van der Waals surface area (Å²) in [7, 11) is 0. The van der Waals surface area contributed by atoms with E-state index >= 15 is 0 Å². The van der Waals surface area contributed by atoms with Crippen molar-refractivity contribution in [2.24, 2.45) is 0 Å². The van der Waals surface area contributed by atoms with Gasteiger partial charge in [0.15, 0.2) is 0 Å². The molecule has 1 amide bonds. The van der Waals surface area contributed by atoms with Gasteiger partial charge in [-0.2, -0.15) is 12.6 Å². The van der Waals surface area contributed by atoms with Crippen LogP contribution in [-0.4, -0.2) is 23.6 Å². The van der Waals surface area contributed by atoms with Crippen LogP contribution < -0.4 is 4.72 Å². The lowest BCUT2D eigenvalue weighted by Gasteiger charge is -1.97. The summed E-state index contributed by atoms with van der Waals surface area (Å²) < 4.78 is 7.05. The van der Waals surface area contributed by atoms with E-state index in [1.54, 1.807) is 6.92 Å². The third kappa shape index (κ3) is 11.6. The Morgan fingerprint density at radius 3 is 2.54 bits per heavy atom. The van der Waals surface area contributed by atoms with E-state index in [2.05, 4.69) is 22.1 Å². The molecular weight excluding hydrogens is 210 g/mol. The van der Waals surface area contributed by atoms with E-state index in [1.807, 2.05) is 0 Å². The highest BCUT2D eigenvalue weighted by Gasteiger charge is 2.13. The first-order chi connectivity index (χ1) is 6.20. The predicted molar refractivity (Wildman–Crippen MR) is 55.8 cm³/mol. The van der Waals surface area contributed by atoms with E-state index in [9.17, 15) is 9.59 Å². The largest absolute Gasteiger partial charge is 0.466 e. The van der Waals surface area contributed by atoms with Crippen molar-refractivity contribution >= 4 is 35.8 Å². The third-order valence-corrected chi connectivity index (χ3v) is 1.72. The lowest BCUT2D eigenvalue weighted by Crippen LogP contribution is -2.03. The Hall–Kier alpha value is -0.360. The van der Waals surface area contributed by atoms with Crippen molar-refractivity contribution in [3.05, 3.63) is 0 Å². The second kappa shape index (κ2) is 8.25. The van der Waals surface area contributed by atoms with Gasteiger partial charge in [-0.25, -0.2) is 0 Å². The number of amides is 1. The van der Waals surface area contributed by atoms with Gasteiger partial charge in [-0.3, -0.25) is 14.3 Å². The summed E-state index contributed by atoms with van der Waals surface area (Å²) in [5.74, 6) is 0.630. The Morgan fingerprint density at radius 2 is 2.23 bits per heavy atom. The Morgan fingerprint density at radius 1 is 1.69 bits per heavy atom. The molecule has 0 aromatic rings. The van der Waals surface area contributed by atoms with Crippen LogP contribution in [-0.2, 0) is 9.53 Å². The molecule has 1 aliphatic heterocycles. The van der Waals surface area contributed by atoms with E-state index in [1.165, 1.54) is 0 Å². The number of hydrogen-bond acceptors (Lipinski definition) is 5. The van der Waals surface area contributed by atoms with Crippen LogP contribution in [0.2, 0.25) is 0 Å². The molecule has 1 fully saturated rings. The molecule has 76 valence electrons. The Bertz CT molecular complexity index is 169. The average molecular weight is 223 g/mol. The minimum absolute atomic E-state index is 0.0833. The monoisotopic (exact) mass is 223 g/mol. The summed E-state index contributed by atoms with van der Waals surface area (Å²) in [4.78, 5) is 20.0. The molecule has 6 heteroatoms. The maximum Gasteiger partial charge on any atom is 0.309 e. The fourth-order valence-electron chi connectivity index (χ4n) is 0.477. The summed E-state index contributed by atoms with van der Waals surface area (Å²) >= 11 is 5.09. The maximum absolute atomic E-state index is 10.5. The molecule has 0 aliphatic carbocycles. The number of carbonyl (C=O) groups is 2. The van der Waals surface area contributed by atoms with Gasteiger partial charge >= 0.3 is 11.2 Å². The third-order valence-electron chi connectivity index (χ3n) is 1.03. The first-order valence-electron chi connectivity index (χ1n) is 3.94. The summed E-state index contributed by atoms with van der Waals surface area (Å²) in [6.45, 7) is 2.28. The van der Waals surface area contributed by atoms with Crippen molar-refractivity contribution in [2.45, 2.75) is 19.8 Å². The minimum atomic E-state index is -0.119. The summed E-state index contributed by atoms with van der Waals surface area (Å²) in [5, 5.41) is 0.0833. The Labute approximate surface area is 87.3 Å². The fraction of sp³-hybridized carbons (Fsp3) is 0.714. The van der Waals surface area contributed by atoms with Crippen molar-refractivity contribution in [2.75, 3.05) is 12.4 Å². The normalized spacial score (nSPS) is 12.3. The SMILES string of the molecule is CCOC(=O)CCCS.O=C1NS1. The molecule has 0 saturated carbocycles. The zero-order valence-electron chi connectivity index (χ0n) is 7.41. The molecule has 0 aromatic heterocycles. The Balaban J connectivity index is 0.000000293. The summed E-state index contributed by atoms with van der Waals surface area (Å²) in [6, 6.07) is 0. The quantitative estimate of drug-likeness (QED) is 0.329. The molecule has 0 spiro atoms. The second-order valence-electron chi connectivity index (χ2n) is 2.12. The molecule has 1 N–H and O–H groups in total. The average Bonchev–Trinajstić information content (AvgIpc) is 2.86. The molecule has 0 atom stereocenters. The van der Waals surface area contributed by atoms with Gasteiger partial charge in [0, 0.05) is 6.42 Å². The molecule has 1 saturated heterocycles. The van der Waals surface area contributed by atoms with E-state index < -0.39 is 0 Å². The Kier molecular flexibility index (Phi) is 8.02. The number of esters is 1. The van der Waals surface area contributed by atoms with E-state index in [0.717, 1.165) is 24.1 Å². The second-order valence-corrected chi connectivity index (χ2v) is 3.35. The lowest BCUT2D eigenvalue weighted by molar-refractivity contribution is -0.143. The van der Waals surface area contributed by atoms with Crippen LogP contribution in [0, 0.1) is 0 Å². The fourth-order valence-corrected chi connectivity index (χ4v) is 0.677. The van der Waals surface area contributed by atoms with Gasteiger partial charge in [0.1, 0.15) is 0 Å². The van der Waals surface area contributed by atoms with Crippen molar-refractivity contribution in [1.29, 1.82) is 0 Å². The number of thiol groups is 1. The topological polar surface area (TPSA) is 65.3 Å². The van der Waals surface area contributed by atoms with Crippen molar-refractivity contribution in [3.8, 4) is 0 Å². The van der Waals surface area contributed by atoms with Crippen LogP contribution in [0.1, 0.15) is 19.8 Å². The molecule has 4 nitrogen and oxygen atoms in total. The van der Waals surface area contributed by atoms with Crippen molar-refractivity contribution in [1.82, 2.24) is 4.72 Å². The number of hydrogen-bond donors (Lipinski definition) is 2. The zero-order valence-corrected chi connectivity index (χ0v) is 9.12. The highest BCUT2D eigenvalue weighted by Crippen LogP contribution is 2.09. The van der Waals surface area contributed by atoms with E-state index in [-0.39, 0.29) is 11.2 Å². The van der Waals surface area contributed by atoms with Gasteiger partial charge < -0.3 is 4.74 Å². The predicted octanol–water partition coefficient (Wildman–Crippen LogP) is 1.62. The molecule has 1 heterocycles. The molecule has 1 aliphatic rings. The van der Waals surface area contributed by atoms with Crippen LogP contribution in [0.3, 0.4) is 0 Å². The molecule has 0 aromatic carbocycles. The van der Waals surface area contributed by atoms with Gasteiger partial charge in [0.05, 0.1) is 18.6 Å². The summed E-state index contributed by atoms with van der Waals surface area (Å²) in [6.07, 6.45) is 1.30. The number of rotatable bonds is 4. The number of ether oxygens (including phenoxy) is 1. The van der Waals surface area contributed by atoms with E-state index in [0.29, 0.717) is 13.0 Å². The van der Waals surface area contributed by atoms with Gasteiger partial charge in [-0.15, -0.1) is 0 Å². The van der Waals surface area contributed by atoms with Crippen molar-refractivity contribution in [3.63, 3.8) is 0 Å². The van der Waals surface area contributed by atoms with Gasteiger partial charge in [0.25, 0.3) is 0 Å². The number of nitrogens with one attached hydrogen (secondary N) is 1.